The molecule has 0 fully saturated rings. The van der Waals surface area contributed by atoms with Gasteiger partial charge in [-0.05, 0) is 48.5 Å². The summed E-state index contributed by atoms with van der Waals surface area (Å²) in [5.74, 6) is 0.970. The summed E-state index contributed by atoms with van der Waals surface area (Å²) in [4.78, 5) is 21.6. The Morgan fingerprint density at radius 3 is 2.67 bits per heavy atom. The Bertz CT molecular complexity index is 1800. The highest BCUT2D eigenvalue weighted by atomic mass is 35.5. The summed E-state index contributed by atoms with van der Waals surface area (Å²) in [5.41, 5.74) is -0.400. The molecule has 10 nitrogen and oxygen atoms in total. The maximum atomic E-state index is 13.3. The number of fused-ring (bicyclic) bond motifs is 1. The first-order valence-corrected chi connectivity index (χ1v) is 11.7. The average molecular weight is 553 g/mol. The van der Waals surface area contributed by atoms with E-state index < -0.39 is 22.9 Å². The van der Waals surface area contributed by atoms with E-state index in [2.05, 4.69) is 30.6 Å². The number of hydrogen-bond donors (Lipinski definition) is 1. The summed E-state index contributed by atoms with van der Waals surface area (Å²) in [6, 6.07) is 9.89. The standard InChI is InChI=1S/C25H16ClF3N8O2/c1-13-32-20-8-17(25(27,28)29)7-14(10-30)22(20)24(38)37(13)4-5-39-21-3-2-18(26)9-19(21)15-6-16(12-31-11-15)23-33-35-36-34-23/h2-3,6-9,11-12H,4-5H2,1H3,(H,33,34,35,36). The number of alkyl halides is 3. The molecule has 0 unspecified atom stereocenters. The van der Waals surface area contributed by atoms with Gasteiger partial charge in [0.2, 0.25) is 5.82 Å². The van der Waals surface area contributed by atoms with E-state index in [-0.39, 0.29) is 29.9 Å². The van der Waals surface area contributed by atoms with Crippen LogP contribution in [-0.4, -0.2) is 41.8 Å². The van der Waals surface area contributed by atoms with Crippen LogP contribution in [0.3, 0.4) is 0 Å². The number of nitrogens with one attached hydrogen (secondary N) is 1. The van der Waals surface area contributed by atoms with Gasteiger partial charge in [-0.3, -0.25) is 14.3 Å². The lowest BCUT2D eigenvalue weighted by molar-refractivity contribution is -0.137. The lowest BCUT2D eigenvalue weighted by Gasteiger charge is -2.15. The fourth-order valence-electron chi connectivity index (χ4n) is 4.07. The van der Waals surface area contributed by atoms with Crippen molar-refractivity contribution in [2.24, 2.45) is 0 Å². The van der Waals surface area contributed by atoms with Crippen molar-refractivity contribution >= 4 is 22.5 Å². The number of nitrogens with zero attached hydrogens (tertiary/aromatic N) is 7. The van der Waals surface area contributed by atoms with Crippen LogP contribution in [0.25, 0.3) is 33.4 Å². The zero-order valence-electron chi connectivity index (χ0n) is 20.0. The number of tetrazole rings is 1. The number of aromatic nitrogens is 7. The van der Waals surface area contributed by atoms with Crippen LogP contribution in [-0.2, 0) is 12.7 Å². The molecule has 3 heterocycles. The molecule has 0 aliphatic heterocycles. The van der Waals surface area contributed by atoms with Crippen molar-refractivity contribution in [2.45, 2.75) is 19.6 Å². The molecule has 0 bridgehead atoms. The third-order valence-corrected chi connectivity index (χ3v) is 6.10. The number of rotatable bonds is 6. The Morgan fingerprint density at radius 1 is 1.15 bits per heavy atom. The second kappa shape index (κ2) is 10.1. The minimum absolute atomic E-state index is 0.00302. The van der Waals surface area contributed by atoms with Crippen LogP contribution in [0, 0.1) is 18.3 Å². The van der Waals surface area contributed by atoms with Gasteiger partial charge < -0.3 is 4.74 Å². The van der Waals surface area contributed by atoms with Crippen LogP contribution in [0.1, 0.15) is 17.0 Å². The molecule has 39 heavy (non-hydrogen) atoms. The molecule has 0 radical (unpaired) electrons. The fourth-order valence-corrected chi connectivity index (χ4v) is 4.24. The average Bonchev–Trinajstić information content (AvgIpc) is 3.45. The largest absolute Gasteiger partial charge is 0.491 e. The molecule has 196 valence electrons. The van der Waals surface area contributed by atoms with E-state index in [1.807, 2.05) is 0 Å². The number of benzene rings is 2. The molecule has 0 saturated heterocycles. The number of pyridine rings is 1. The molecule has 0 atom stereocenters. The summed E-state index contributed by atoms with van der Waals surface area (Å²) in [6.45, 7) is 1.52. The van der Waals surface area contributed by atoms with E-state index >= 15 is 0 Å². The number of halogens is 4. The van der Waals surface area contributed by atoms with Gasteiger partial charge in [0.05, 0.1) is 28.6 Å². The molecular weight excluding hydrogens is 537 g/mol. The number of aromatic amines is 1. The van der Waals surface area contributed by atoms with Crippen molar-refractivity contribution in [3.8, 4) is 34.3 Å². The Balaban J connectivity index is 1.45. The summed E-state index contributed by atoms with van der Waals surface area (Å²) >= 11 is 6.23. The van der Waals surface area contributed by atoms with Gasteiger partial charge in [-0.15, -0.1) is 10.2 Å². The minimum Gasteiger partial charge on any atom is -0.491 e. The molecule has 14 heteroatoms. The molecule has 5 rings (SSSR count). The summed E-state index contributed by atoms with van der Waals surface area (Å²) < 4.78 is 47.0. The lowest BCUT2D eigenvalue weighted by atomic mass is 10.0. The second-order valence-electron chi connectivity index (χ2n) is 8.33. The zero-order valence-corrected chi connectivity index (χ0v) is 20.7. The second-order valence-corrected chi connectivity index (χ2v) is 8.77. The predicted octanol–water partition coefficient (Wildman–Crippen LogP) is 4.57. The number of aryl methyl sites for hydroxylation is 1. The molecular formula is C25H16ClF3N8O2. The monoisotopic (exact) mass is 552 g/mol. The van der Waals surface area contributed by atoms with Gasteiger partial charge in [-0.1, -0.05) is 11.6 Å². The smallest absolute Gasteiger partial charge is 0.416 e. The van der Waals surface area contributed by atoms with E-state index in [9.17, 15) is 23.2 Å². The summed E-state index contributed by atoms with van der Waals surface area (Å²) in [6.07, 6.45) is -1.49. The van der Waals surface area contributed by atoms with Crippen molar-refractivity contribution in [1.29, 1.82) is 5.26 Å². The lowest BCUT2D eigenvalue weighted by Crippen LogP contribution is -2.27. The van der Waals surface area contributed by atoms with Crippen molar-refractivity contribution in [3.05, 3.63) is 81.1 Å². The van der Waals surface area contributed by atoms with E-state index in [1.54, 1.807) is 42.7 Å². The topological polar surface area (TPSA) is 135 Å². The van der Waals surface area contributed by atoms with Crippen LogP contribution < -0.4 is 10.3 Å². The molecule has 0 aliphatic rings. The van der Waals surface area contributed by atoms with Gasteiger partial charge in [0.25, 0.3) is 5.56 Å². The van der Waals surface area contributed by atoms with Crippen molar-refractivity contribution in [2.75, 3.05) is 6.61 Å². The Kier molecular flexibility index (Phi) is 6.71. The van der Waals surface area contributed by atoms with Gasteiger partial charge in [0, 0.05) is 34.1 Å². The Hall–Kier alpha value is -4.83. The molecule has 3 aromatic heterocycles. The highest BCUT2D eigenvalue weighted by Crippen LogP contribution is 2.34. The molecule has 0 amide bonds. The first-order valence-electron chi connectivity index (χ1n) is 11.3. The van der Waals surface area contributed by atoms with Crippen molar-refractivity contribution in [3.63, 3.8) is 0 Å². The van der Waals surface area contributed by atoms with Gasteiger partial charge in [-0.2, -0.15) is 23.6 Å². The van der Waals surface area contributed by atoms with Gasteiger partial charge in [0.15, 0.2) is 0 Å². The number of ether oxygens (including phenoxy) is 1. The number of H-pyrrole nitrogens is 1. The van der Waals surface area contributed by atoms with Crippen LogP contribution in [0.2, 0.25) is 5.02 Å². The molecule has 5 aromatic rings. The van der Waals surface area contributed by atoms with Gasteiger partial charge >= 0.3 is 6.18 Å². The molecule has 0 saturated carbocycles. The maximum Gasteiger partial charge on any atom is 0.416 e. The van der Waals surface area contributed by atoms with Crippen LogP contribution in [0.4, 0.5) is 13.2 Å². The highest BCUT2D eigenvalue weighted by Gasteiger charge is 2.32. The zero-order chi connectivity index (χ0) is 27.7. The molecule has 2 aromatic carbocycles. The summed E-state index contributed by atoms with van der Waals surface area (Å²) in [7, 11) is 0. The first-order chi connectivity index (χ1) is 18.7. The molecule has 0 aliphatic carbocycles. The maximum absolute atomic E-state index is 13.3. The first kappa shape index (κ1) is 25.8. The third-order valence-electron chi connectivity index (χ3n) is 5.86. The van der Waals surface area contributed by atoms with Crippen molar-refractivity contribution < 1.29 is 17.9 Å². The van der Waals surface area contributed by atoms with Crippen LogP contribution in [0.15, 0.2) is 53.6 Å². The highest BCUT2D eigenvalue weighted by molar-refractivity contribution is 6.31. The van der Waals surface area contributed by atoms with Crippen molar-refractivity contribution in [1.82, 2.24) is 35.2 Å². The van der Waals surface area contributed by atoms with E-state index in [0.717, 1.165) is 6.07 Å². The minimum atomic E-state index is -4.69. The van der Waals surface area contributed by atoms with E-state index in [4.69, 9.17) is 16.3 Å². The Morgan fingerprint density at radius 2 is 1.95 bits per heavy atom. The normalized spacial score (nSPS) is 11.5. The SMILES string of the molecule is Cc1nc2cc(C(F)(F)F)cc(C#N)c2c(=O)n1CCOc1ccc(Cl)cc1-c1cncc(-c2nn[nH]n2)c1. The molecule has 1 N–H and O–H groups in total. The van der Waals surface area contributed by atoms with E-state index in [0.29, 0.717) is 39.4 Å². The van der Waals surface area contributed by atoms with Gasteiger partial charge in [0.1, 0.15) is 24.3 Å². The fraction of sp³-hybridized carbons (Fsp3) is 0.160. The number of hydrogen-bond acceptors (Lipinski definition) is 8. The summed E-state index contributed by atoms with van der Waals surface area (Å²) in [5, 5.41) is 23.5. The quantitative estimate of drug-likeness (QED) is 0.323. The van der Waals surface area contributed by atoms with Crippen LogP contribution >= 0.6 is 11.6 Å². The Labute approximate surface area is 222 Å². The molecule has 0 spiro atoms. The van der Waals surface area contributed by atoms with E-state index in [1.165, 1.54) is 11.5 Å². The predicted molar refractivity (Wildman–Crippen MR) is 134 cm³/mol. The third kappa shape index (κ3) is 5.14. The van der Waals surface area contributed by atoms with Gasteiger partial charge in [-0.25, -0.2) is 4.98 Å². The number of nitriles is 1. The van der Waals surface area contributed by atoms with Crippen LogP contribution in [0.5, 0.6) is 5.75 Å².